The van der Waals surface area contributed by atoms with Crippen LogP contribution in [0.1, 0.15) is 6.92 Å². The Morgan fingerprint density at radius 3 is 2.82 bits per heavy atom. The highest BCUT2D eigenvalue weighted by molar-refractivity contribution is 8.00. The zero-order chi connectivity index (χ0) is 20.3. The van der Waals surface area contributed by atoms with Crippen LogP contribution in [0, 0.1) is 5.82 Å². The van der Waals surface area contributed by atoms with Crippen molar-refractivity contribution in [3.05, 3.63) is 52.3 Å². The Morgan fingerprint density at radius 2 is 2.11 bits per heavy atom. The lowest BCUT2D eigenvalue weighted by Gasteiger charge is -2.14. The SMILES string of the molecule is COCCn1c(SC(C)C(=O)Nc2ccc(F)cc2Cl)nc2cc(Cl)ccc21. The summed E-state index contributed by atoms with van der Waals surface area (Å²) in [5.41, 5.74) is 2.03. The number of halogens is 3. The first-order valence-electron chi connectivity index (χ1n) is 8.46. The van der Waals surface area contributed by atoms with Crippen molar-refractivity contribution in [2.24, 2.45) is 0 Å². The summed E-state index contributed by atoms with van der Waals surface area (Å²) in [5, 5.41) is 3.68. The molecule has 1 atom stereocenters. The van der Waals surface area contributed by atoms with E-state index in [1.165, 1.54) is 23.9 Å². The molecule has 1 aromatic heterocycles. The number of carbonyl (C=O) groups is 1. The van der Waals surface area contributed by atoms with Gasteiger partial charge >= 0.3 is 0 Å². The second-order valence-corrected chi connectivity index (χ2v) is 8.20. The van der Waals surface area contributed by atoms with Gasteiger partial charge in [0.1, 0.15) is 5.82 Å². The first kappa shape index (κ1) is 20.9. The molecule has 0 aliphatic carbocycles. The minimum Gasteiger partial charge on any atom is -0.383 e. The number of amides is 1. The first-order valence-corrected chi connectivity index (χ1v) is 10.1. The Bertz CT molecular complexity index is 1010. The van der Waals surface area contributed by atoms with E-state index in [9.17, 15) is 9.18 Å². The Kier molecular flexibility index (Phi) is 6.82. The number of hydrogen-bond donors (Lipinski definition) is 1. The van der Waals surface area contributed by atoms with Crippen LogP contribution in [0.5, 0.6) is 0 Å². The van der Waals surface area contributed by atoms with E-state index in [1.54, 1.807) is 26.2 Å². The van der Waals surface area contributed by atoms with Crippen molar-refractivity contribution in [2.75, 3.05) is 19.0 Å². The molecule has 5 nitrogen and oxygen atoms in total. The number of rotatable bonds is 7. The highest BCUT2D eigenvalue weighted by atomic mass is 35.5. The van der Waals surface area contributed by atoms with Gasteiger partial charge in [0, 0.05) is 18.7 Å². The van der Waals surface area contributed by atoms with Crippen LogP contribution < -0.4 is 5.32 Å². The molecule has 1 N–H and O–H groups in total. The molecule has 0 aliphatic heterocycles. The molecule has 28 heavy (non-hydrogen) atoms. The van der Waals surface area contributed by atoms with Crippen molar-refractivity contribution < 1.29 is 13.9 Å². The van der Waals surface area contributed by atoms with Gasteiger partial charge in [-0.2, -0.15) is 0 Å². The molecule has 1 unspecified atom stereocenters. The lowest BCUT2D eigenvalue weighted by molar-refractivity contribution is -0.115. The van der Waals surface area contributed by atoms with Crippen LogP contribution in [-0.2, 0) is 16.1 Å². The van der Waals surface area contributed by atoms with Crippen molar-refractivity contribution >= 4 is 57.6 Å². The second-order valence-electron chi connectivity index (χ2n) is 6.05. The van der Waals surface area contributed by atoms with Crippen LogP contribution in [0.3, 0.4) is 0 Å². The van der Waals surface area contributed by atoms with Crippen molar-refractivity contribution in [3.8, 4) is 0 Å². The normalized spacial score (nSPS) is 12.3. The fourth-order valence-corrected chi connectivity index (χ4v) is 3.94. The predicted molar refractivity (Wildman–Crippen MR) is 112 cm³/mol. The smallest absolute Gasteiger partial charge is 0.237 e. The molecule has 0 aliphatic rings. The summed E-state index contributed by atoms with van der Waals surface area (Å²) in [6, 6.07) is 9.32. The fourth-order valence-electron chi connectivity index (χ4n) is 2.61. The van der Waals surface area contributed by atoms with E-state index in [4.69, 9.17) is 27.9 Å². The second kappa shape index (κ2) is 9.13. The van der Waals surface area contributed by atoms with Gasteiger partial charge in [-0.3, -0.25) is 4.79 Å². The van der Waals surface area contributed by atoms with E-state index in [0.717, 1.165) is 17.1 Å². The molecule has 2 aromatic carbocycles. The third-order valence-electron chi connectivity index (χ3n) is 4.03. The summed E-state index contributed by atoms with van der Waals surface area (Å²) in [6.45, 7) is 2.87. The molecule has 3 rings (SSSR count). The lowest BCUT2D eigenvalue weighted by Crippen LogP contribution is -2.23. The molecule has 1 heterocycles. The zero-order valence-corrected chi connectivity index (χ0v) is 17.5. The van der Waals surface area contributed by atoms with Crippen LogP contribution >= 0.6 is 35.0 Å². The Hall–Kier alpha value is -1.80. The predicted octanol–water partition coefficient (Wildman–Crippen LogP) is 5.25. The van der Waals surface area contributed by atoms with E-state index < -0.39 is 11.1 Å². The molecule has 0 spiro atoms. The van der Waals surface area contributed by atoms with Gasteiger partial charge in [0.15, 0.2) is 5.16 Å². The quantitative estimate of drug-likeness (QED) is 0.508. The van der Waals surface area contributed by atoms with E-state index in [-0.39, 0.29) is 10.9 Å². The summed E-state index contributed by atoms with van der Waals surface area (Å²) in [7, 11) is 1.63. The van der Waals surface area contributed by atoms with Gasteiger partial charge in [0.05, 0.1) is 33.6 Å². The molecular weight excluding hydrogens is 424 g/mol. The molecule has 0 fully saturated rings. The van der Waals surface area contributed by atoms with E-state index >= 15 is 0 Å². The van der Waals surface area contributed by atoms with Crippen LogP contribution in [0.4, 0.5) is 10.1 Å². The summed E-state index contributed by atoms with van der Waals surface area (Å²) >= 11 is 13.4. The number of anilines is 1. The van der Waals surface area contributed by atoms with Crippen molar-refractivity contribution in [1.29, 1.82) is 0 Å². The number of nitrogens with zero attached hydrogens (tertiary/aromatic N) is 2. The molecule has 0 bridgehead atoms. The molecule has 148 valence electrons. The third-order valence-corrected chi connectivity index (χ3v) is 5.67. The summed E-state index contributed by atoms with van der Waals surface area (Å²) in [4.78, 5) is 17.2. The number of nitrogens with one attached hydrogen (secondary N) is 1. The molecule has 0 saturated carbocycles. The third kappa shape index (κ3) is 4.78. The topological polar surface area (TPSA) is 56.1 Å². The average molecular weight is 442 g/mol. The summed E-state index contributed by atoms with van der Waals surface area (Å²) in [6.07, 6.45) is 0. The minimum atomic E-state index is -0.463. The molecule has 1 amide bonds. The fraction of sp³-hybridized carbons (Fsp3) is 0.263. The van der Waals surface area contributed by atoms with Crippen LogP contribution in [-0.4, -0.2) is 34.4 Å². The number of thioether (sulfide) groups is 1. The standard InChI is InChI=1S/C19H18Cl2FN3O2S/c1-11(18(26)23-15-5-4-13(22)10-14(15)21)28-19-24-16-9-12(20)3-6-17(16)25(19)7-8-27-2/h3-6,9-11H,7-8H2,1-2H3,(H,23,26). The van der Waals surface area contributed by atoms with Crippen molar-refractivity contribution in [3.63, 3.8) is 0 Å². The molecule has 9 heteroatoms. The van der Waals surface area contributed by atoms with Gasteiger partial charge in [0.2, 0.25) is 5.91 Å². The largest absolute Gasteiger partial charge is 0.383 e. The maximum atomic E-state index is 13.2. The van der Waals surface area contributed by atoms with Gasteiger partial charge < -0.3 is 14.6 Å². The number of methoxy groups -OCH3 is 1. The van der Waals surface area contributed by atoms with Gasteiger partial charge in [0.25, 0.3) is 0 Å². The number of aromatic nitrogens is 2. The number of carbonyl (C=O) groups excluding carboxylic acids is 1. The van der Waals surface area contributed by atoms with Crippen LogP contribution in [0.25, 0.3) is 11.0 Å². The van der Waals surface area contributed by atoms with Gasteiger partial charge in [-0.1, -0.05) is 35.0 Å². The number of hydrogen-bond acceptors (Lipinski definition) is 4. The van der Waals surface area contributed by atoms with Crippen LogP contribution in [0.15, 0.2) is 41.6 Å². The first-order chi connectivity index (χ1) is 13.4. The summed E-state index contributed by atoms with van der Waals surface area (Å²) < 4.78 is 20.4. The monoisotopic (exact) mass is 441 g/mol. The highest BCUT2D eigenvalue weighted by Crippen LogP contribution is 2.30. The van der Waals surface area contributed by atoms with Gasteiger partial charge in [-0.25, -0.2) is 9.37 Å². The molecule has 0 radical (unpaired) electrons. The van der Waals surface area contributed by atoms with Crippen molar-refractivity contribution in [2.45, 2.75) is 23.9 Å². The Labute approximate surface area is 176 Å². The zero-order valence-electron chi connectivity index (χ0n) is 15.2. The molecule has 3 aromatic rings. The van der Waals surface area contributed by atoms with Gasteiger partial charge in [-0.15, -0.1) is 0 Å². The highest BCUT2D eigenvalue weighted by Gasteiger charge is 2.20. The number of benzene rings is 2. The molecular formula is C19H18Cl2FN3O2S. The number of imidazole rings is 1. The number of ether oxygens (including phenoxy) is 1. The minimum absolute atomic E-state index is 0.146. The van der Waals surface area contributed by atoms with E-state index in [1.807, 2.05) is 10.6 Å². The maximum absolute atomic E-state index is 13.2. The van der Waals surface area contributed by atoms with E-state index in [2.05, 4.69) is 10.3 Å². The molecule has 0 saturated heterocycles. The van der Waals surface area contributed by atoms with Crippen molar-refractivity contribution in [1.82, 2.24) is 9.55 Å². The maximum Gasteiger partial charge on any atom is 0.237 e. The van der Waals surface area contributed by atoms with E-state index in [0.29, 0.717) is 29.0 Å². The van der Waals surface area contributed by atoms with Crippen LogP contribution in [0.2, 0.25) is 10.0 Å². The Balaban J connectivity index is 1.81. The lowest BCUT2D eigenvalue weighted by atomic mass is 10.3. The Morgan fingerprint density at radius 1 is 1.32 bits per heavy atom. The van der Waals surface area contributed by atoms with Gasteiger partial charge in [-0.05, 0) is 43.3 Å². The summed E-state index contributed by atoms with van der Waals surface area (Å²) in [5.74, 6) is -0.724. The number of fused-ring (bicyclic) bond motifs is 1. The average Bonchev–Trinajstić information content (AvgIpc) is 2.98.